The molecule has 0 saturated carbocycles. The lowest BCUT2D eigenvalue weighted by Gasteiger charge is -2.31. The normalized spacial score (nSPS) is 14.2. The topological polar surface area (TPSA) is 66.5 Å². The first-order chi connectivity index (χ1) is 14.3. The van der Waals surface area contributed by atoms with Crippen molar-refractivity contribution in [2.45, 2.75) is 24.7 Å². The highest BCUT2D eigenvalue weighted by Gasteiger charge is 2.36. The Morgan fingerprint density at radius 2 is 1.70 bits per heavy atom. The van der Waals surface area contributed by atoms with Crippen molar-refractivity contribution in [3.8, 4) is 11.1 Å². The first-order valence-corrected chi connectivity index (χ1v) is 11.8. The third-order valence-corrected chi connectivity index (χ3v) is 7.43. The van der Waals surface area contributed by atoms with E-state index >= 15 is 0 Å². The second-order valence-corrected chi connectivity index (χ2v) is 10.2. The highest BCUT2D eigenvalue weighted by molar-refractivity contribution is 9.10. The van der Waals surface area contributed by atoms with Gasteiger partial charge in [0.2, 0.25) is 5.91 Å². The number of benzene rings is 3. The summed E-state index contributed by atoms with van der Waals surface area (Å²) < 4.78 is 28.7. The van der Waals surface area contributed by atoms with E-state index in [9.17, 15) is 13.2 Å². The molecule has 1 aliphatic heterocycles. The molecule has 1 N–H and O–H groups in total. The monoisotopic (exact) mass is 484 g/mol. The second kappa shape index (κ2) is 7.89. The Bertz CT molecular complexity index is 1240. The number of fused-ring (bicyclic) bond motifs is 3. The smallest absolute Gasteiger partial charge is 0.265 e. The number of rotatable bonds is 4. The summed E-state index contributed by atoms with van der Waals surface area (Å²) in [6, 6.07) is 19.8. The average Bonchev–Trinajstić information content (AvgIpc) is 2.71. The van der Waals surface area contributed by atoms with Crippen LogP contribution in [0.2, 0.25) is 0 Å². The molecule has 0 saturated heterocycles. The summed E-state index contributed by atoms with van der Waals surface area (Å²) in [5, 5.41) is 2.89. The maximum Gasteiger partial charge on any atom is 0.265 e. The summed E-state index contributed by atoms with van der Waals surface area (Å²) >= 11 is 3.46. The minimum absolute atomic E-state index is 0.200. The van der Waals surface area contributed by atoms with Gasteiger partial charge < -0.3 is 5.32 Å². The van der Waals surface area contributed by atoms with E-state index in [1.807, 2.05) is 50.2 Å². The lowest BCUT2D eigenvalue weighted by Crippen LogP contribution is -2.40. The number of carbonyl (C=O) groups excluding carboxylic acids is 1. The predicted molar refractivity (Wildman–Crippen MR) is 123 cm³/mol. The molecule has 0 unspecified atom stereocenters. The molecular weight excluding hydrogens is 464 g/mol. The quantitative estimate of drug-likeness (QED) is 0.539. The van der Waals surface area contributed by atoms with Crippen molar-refractivity contribution in [3.05, 3.63) is 76.8 Å². The van der Waals surface area contributed by atoms with Crippen LogP contribution in [0.3, 0.4) is 0 Å². The standard InChI is InChI=1S/C23H21BrN2O3S/c1-15(2)17-7-3-5-9-20(17)25-23(27)14-26-21-12-11-16(24)13-19(21)18-8-4-6-10-22(18)30(26,28)29/h3-13,15H,14H2,1-2H3,(H,25,27). The molecule has 7 heteroatoms. The van der Waals surface area contributed by atoms with Crippen molar-refractivity contribution in [2.24, 2.45) is 0 Å². The number of nitrogens with one attached hydrogen (secondary N) is 1. The molecule has 0 fully saturated rings. The van der Waals surface area contributed by atoms with E-state index in [0.29, 0.717) is 16.9 Å². The fourth-order valence-electron chi connectivity index (χ4n) is 3.71. The third kappa shape index (κ3) is 3.63. The van der Waals surface area contributed by atoms with Gasteiger partial charge in [0.15, 0.2) is 0 Å². The van der Waals surface area contributed by atoms with Gasteiger partial charge in [-0.2, -0.15) is 0 Å². The Labute approximate surface area is 184 Å². The first-order valence-electron chi connectivity index (χ1n) is 9.59. The van der Waals surface area contributed by atoms with E-state index < -0.39 is 10.0 Å². The largest absolute Gasteiger partial charge is 0.324 e. The number of hydrogen-bond donors (Lipinski definition) is 1. The Morgan fingerprint density at radius 3 is 2.47 bits per heavy atom. The third-order valence-electron chi connectivity index (χ3n) is 5.12. The van der Waals surface area contributed by atoms with Crippen LogP contribution in [0.25, 0.3) is 11.1 Å². The molecule has 154 valence electrons. The van der Waals surface area contributed by atoms with Crippen molar-refractivity contribution in [1.82, 2.24) is 0 Å². The van der Waals surface area contributed by atoms with Crippen molar-refractivity contribution < 1.29 is 13.2 Å². The number of para-hydroxylation sites is 1. The molecule has 0 aliphatic carbocycles. The van der Waals surface area contributed by atoms with E-state index in [1.165, 1.54) is 4.31 Å². The van der Waals surface area contributed by atoms with Crippen LogP contribution in [0.5, 0.6) is 0 Å². The van der Waals surface area contributed by atoms with E-state index in [4.69, 9.17) is 0 Å². The van der Waals surface area contributed by atoms with Crippen LogP contribution in [-0.4, -0.2) is 20.9 Å². The highest BCUT2D eigenvalue weighted by Crippen LogP contribution is 2.43. The lowest BCUT2D eigenvalue weighted by molar-refractivity contribution is -0.114. The Balaban J connectivity index is 1.72. The van der Waals surface area contributed by atoms with Crippen molar-refractivity contribution in [3.63, 3.8) is 0 Å². The average molecular weight is 485 g/mol. The molecule has 5 nitrogen and oxygen atoms in total. The summed E-state index contributed by atoms with van der Waals surface area (Å²) in [5.41, 5.74) is 3.59. The van der Waals surface area contributed by atoms with Crippen molar-refractivity contribution >= 4 is 43.2 Å². The summed E-state index contributed by atoms with van der Waals surface area (Å²) in [6.45, 7) is 3.79. The fraction of sp³-hybridized carbons (Fsp3) is 0.174. The molecule has 1 heterocycles. The minimum atomic E-state index is -3.87. The number of hydrogen-bond acceptors (Lipinski definition) is 3. The summed E-state index contributed by atoms with van der Waals surface area (Å²) in [4.78, 5) is 13.1. The minimum Gasteiger partial charge on any atom is -0.324 e. The summed E-state index contributed by atoms with van der Waals surface area (Å²) in [7, 11) is -3.87. The Kier molecular flexibility index (Phi) is 5.42. The zero-order chi connectivity index (χ0) is 21.5. The molecular formula is C23H21BrN2O3S. The lowest BCUT2D eigenvalue weighted by atomic mass is 10.0. The molecule has 4 rings (SSSR count). The van der Waals surface area contributed by atoms with Gasteiger partial charge in [0.1, 0.15) is 6.54 Å². The Morgan fingerprint density at radius 1 is 1.00 bits per heavy atom. The van der Waals surface area contributed by atoms with Crippen LogP contribution in [0.15, 0.2) is 76.1 Å². The SMILES string of the molecule is CC(C)c1ccccc1NC(=O)CN1c2ccc(Br)cc2-c2ccccc2S1(=O)=O. The van der Waals surface area contributed by atoms with E-state index in [-0.39, 0.29) is 23.3 Å². The van der Waals surface area contributed by atoms with E-state index in [1.54, 1.807) is 30.3 Å². The molecule has 0 spiro atoms. The predicted octanol–water partition coefficient (Wildman–Crippen LogP) is 5.39. The maximum atomic E-state index is 13.3. The molecule has 0 aromatic heterocycles. The van der Waals surface area contributed by atoms with Crippen LogP contribution in [0.4, 0.5) is 11.4 Å². The number of sulfonamides is 1. The van der Waals surface area contributed by atoms with Crippen LogP contribution in [0.1, 0.15) is 25.3 Å². The summed E-state index contributed by atoms with van der Waals surface area (Å²) in [5.74, 6) is -0.162. The van der Waals surface area contributed by atoms with Gasteiger partial charge in [0, 0.05) is 21.3 Å². The number of amides is 1. The van der Waals surface area contributed by atoms with Crippen LogP contribution >= 0.6 is 15.9 Å². The van der Waals surface area contributed by atoms with Crippen LogP contribution < -0.4 is 9.62 Å². The van der Waals surface area contributed by atoms with Gasteiger partial charge in [-0.1, -0.05) is 66.2 Å². The zero-order valence-electron chi connectivity index (χ0n) is 16.6. The van der Waals surface area contributed by atoms with E-state index in [0.717, 1.165) is 15.6 Å². The molecule has 0 radical (unpaired) electrons. The first kappa shape index (κ1) is 20.6. The molecule has 0 bridgehead atoms. The van der Waals surface area contributed by atoms with Gasteiger partial charge in [-0.25, -0.2) is 8.42 Å². The highest BCUT2D eigenvalue weighted by atomic mass is 79.9. The number of anilines is 2. The van der Waals surface area contributed by atoms with Crippen molar-refractivity contribution in [2.75, 3.05) is 16.2 Å². The van der Waals surface area contributed by atoms with Gasteiger partial charge in [0.25, 0.3) is 10.0 Å². The van der Waals surface area contributed by atoms with Gasteiger partial charge in [-0.15, -0.1) is 0 Å². The van der Waals surface area contributed by atoms with Gasteiger partial charge >= 0.3 is 0 Å². The maximum absolute atomic E-state index is 13.3. The number of carbonyl (C=O) groups is 1. The summed E-state index contributed by atoms with van der Waals surface area (Å²) in [6.07, 6.45) is 0. The van der Waals surface area contributed by atoms with Crippen molar-refractivity contribution in [1.29, 1.82) is 0 Å². The molecule has 3 aromatic carbocycles. The molecule has 3 aromatic rings. The number of halogens is 1. The fourth-order valence-corrected chi connectivity index (χ4v) is 5.72. The van der Waals surface area contributed by atoms with Crippen LogP contribution in [-0.2, 0) is 14.8 Å². The zero-order valence-corrected chi connectivity index (χ0v) is 19.0. The second-order valence-electron chi connectivity index (χ2n) is 7.46. The molecule has 30 heavy (non-hydrogen) atoms. The van der Waals surface area contributed by atoms with Crippen LogP contribution in [0, 0.1) is 0 Å². The molecule has 0 atom stereocenters. The number of nitrogens with zero attached hydrogens (tertiary/aromatic N) is 1. The molecule has 1 amide bonds. The van der Waals surface area contributed by atoms with Gasteiger partial charge in [0.05, 0.1) is 10.6 Å². The van der Waals surface area contributed by atoms with Gasteiger partial charge in [-0.05, 0) is 41.8 Å². The van der Waals surface area contributed by atoms with E-state index in [2.05, 4.69) is 21.2 Å². The van der Waals surface area contributed by atoms with Gasteiger partial charge in [-0.3, -0.25) is 9.10 Å². The molecule has 1 aliphatic rings. The Hall–Kier alpha value is -2.64.